The molecule has 2 atom stereocenters. The first kappa shape index (κ1) is 19.1. The van der Waals surface area contributed by atoms with E-state index in [-0.39, 0.29) is 11.3 Å². The third kappa shape index (κ3) is 3.59. The third-order valence-corrected chi connectivity index (χ3v) is 5.47. The van der Waals surface area contributed by atoms with Crippen molar-refractivity contribution in [2.24, 2.45) is 5.92 Å². The summed E-state index contributed by atoms with van der Waals surface area (Å²) in [4.78, 5) is 37.4. The fourth-order valence-electron chi connectivity index (χ4n) is 3.50. The largest absolute Gasteiger partial charge is 0.481 e. The average molecular weight is 451 g/mol. The molecule has 2 unspecified atom stereocenters. The number of hydrogen-bond acceptors (Lipinski definition) is 4. The summed E-state index contributed by atoms with van der Waals surface area (Å²) >= 11 is 3.39. The number of Topliss-reactive ketones (excluding diaryl/α,β-unsaturated/α-hetero) is 1. The van der Waals surface area contributed by atoms with Gasteiger partial charge in [-0.1, -0.05) is 64.5 Å². The van der Waals surface area contributed by atoms with E-state index >= 15 is 0 Å². The van der Waals surface area contributed by atoms with Crippen molar-refractivity contribution in [1.29, 1.82) is 0 Å². The zero-order valence-electron chi connectivity index (χ0n) is 15.0. The van der Waals surface area contributed by atoms with E-state index in [9.17, 15) is 19.5 Å². The number of ether oxygens (including phenoxy) is 1. The summed E-state index contributed by atoms with van der Waals surface area (Å²) in [7, 11) is 0. The van der Waals surface area contributed by atoms with E-state index in [1.165, 1.54) is 12.1 Å². The van der Waals surface area contributed by atoms with Gasteiger partial charge in [-0.05, 0) is 41.0 Å². The number of halogens is 1. The van der Waals surface area contributed by atoms with Gasteiger partial charge in [0, 0.05) is 4.47 Å². The Labute approximate surface area is 175 Å². The zero-order valence-corrected chi connectivity index (χ0v) is 16.6. The summed E-state index contributed by atoms with van der Waals surface area (Å²) in [5.41, 5.74) is 2.45. The maximum Gasteiger partial charge on any atom is 0.323 e. The normalized spacial score (nSPS) is 16.7. The Bertz CT molecular complexity index is 1100. The van der Waals surface area contributed by atoms with Crippen LogP contribution in [-0.2, 0) is 9.59 Å². The molecule has 1 aliphatic rings. The molecular weight excluding hydrogens is 436 g/mol. The van der Waals surface area contributed by atoms with Crippen LogP contribution in [0.15, 0.2) is 77.3 Å². The lowest BCUT2D eigenvalue weighted by atomic mass is 9.79. The van der Waals surface area contributed by atoms with Crippen LogP contribution >= 0.6 is 15.9 Å². The van der Waals surface area contributed by atoms with Gasteiger partial charge in [0.15, 0.2) is 5.78 Å². The first-order chi connectivity index (χ1) is 14.0. The molecule has 0 aliphatic carbocycles. The standard InChI is InChI=1S/C23H15BrO5/c24-16-11-9-14(10-12-16)13-5-7-15(8-6-13)19(22(26)27)20-21(25)17-3-1-2-4-18(17)29-23(20)28/h1-12,19-20H,(H,26,27). The van der Waals surface area contributed by atoms with Crippen LogP contribution in [0.4, 0.5) is 0 Å². The number of esters is 1. The van der Waals surface area contributed by atoms with E-state index in [0.29, 0.717) is 5.56 Å². The van der Waals surface area contributed by atoms with Gasteiger partial charge in [-0.15, -0.1) is 0 Å². The minimum Gasteiger partial charge on any atom is -0.481 e. The van der Waals surface area contributed by atoms with Crippen molar-refractivity contribution >= 4 is 33.7 Å². The molecule has 0 bridgehead atoms. The first-order valence-corrected chi connectivity index (χ1v) is 9.68. The van der Waals surface area contributed by atoms with Crippen LogP contribution in [0.1, 0.15) is 21.8 Å². The quantitative estimate of drug-likeness (QED) is 0.353. The van der Waals surface area contributed by atoms with E-state index in [1.54, 1.807) is 36.4 Å². The number of carboxylic acid groups (broad SMARTS) is 1. The number of hydrogen-bond donors (Lipinski definition) is 1. The molecule has 5 nitrogen and oxygen atoms in total. The number of fused-ring (bicyclic) bond motifs is 1. The summed E-state index contributed by atoms with van der Waals surface area (Å²) in [6, 6.07) is 20.9. The fraction of sp³-hybridized carbons (Fsp3) is 0.0870. The van der Waals surface area contributed by atoms with Gasteiger partial charge >= 0.3 is 11.9 Å². The van der Waals surface area contributed by atoms with Gasteiger partial charge in [0.05, 0.1) is 5.56 Å². The predicted molar refractivity (Wildman–Crippen MR) is 110 cm³/mol. The Morgan fingerprint density at radius 3 is 2.10 bits per heavy atom. The van der Waals surface area contributed by atoms with E-state index in [2.05, 4.69) is 15.9 Å². The number of para-hydroxylation sites is 1. The van der Waals surface area contributed by atoms with Crippen molar-refractivity contribution < 1.29 is 24.2 Å². The minimum absolute atomic E-state index is 0.161. The summed E-state index contributed by atoms with van der Waals surface area (Å²) in [6.07, 6.45) is 0. The molecule has 0 radical (unpaired) electrons. The van der Waals surface area contributed by atoms with Gasteiger partial charge in [0.2, 0.25) is 0 Å². The van der Waals surface area contributed by atoms with Crippen LogP contribution in [0.3, 0.4) is 0 Å². The predicted octanol–water partition coefficient (Wildman–Crippen LogP) is 4.70. The second-order valence-corrected chi connectivity index (χ2v) is 7.62. The first-order valence-electron chi connectivity index (χ1n) is 8.89. The highest BCUT2D eigenvalue weighted by molar-refractivity contribution is 9.10. The van der Waals surface area contributed by atoms with Crippen molar-refractivity contribution in [3.63, 3.8) is 0 Å². The van der Waals surface area contributed by atoms with E-state index in [1.807, 2.05) is 24.3 Å². The highest BCUT2D eigenvalue weighted by Crippen LogP contribution is 2.36. The summed E-state index contributed by atoms with van der Waals surface area (Å²) in [5, 5.41) is 9.81. The molecule has 0 saturated carbocycles. The van der Waals surface area contributed by atoms with Gasteiger partial charge in [0.1, 0.15) is 17.6 Å². The van der Waals surface area contributed by atoms with E-state index < -0.39 is 29.6 Å². The van der Waals surface area contributed by atoms with E-state index in [0.717, 1.165) is 15.6 Å². The molecule has 6 heteroatoms. The molecule has 1 N–H and O–H groups in total. The van der Waals surface area contributed by atoms with Gasteiger partial charge in [0.25, 0.3) is 0 Å². The SMILES string of the molecule is O=C1Oc2ccccc2C(=O)C1C(C(=O)O)c1ccc(-c2ccc(Br)cc2)cc1. The molecular formula is C23H15BrO5. The lowest BCUT2D eigenvalue weighted by Crippen LogP contribution is -2.40. The third-order valence-electron chi connectivity index (χ3n) is 4.95. The molecule has 0 amide bonds. The fourth-order valence-corrected chi connectivity index (χ4v) is 3.76. The Hall–Kier alpha value is -3.25. The molecule has 0 spiro atoms. The topological polar surface area (TPSA) is 80.7 Å². The monoisotopic (exact) mass is 450 g/mol. The minimum atomic E-state index is -1.43. The molecule has 29 heavy (non-hydrogen) atoms. The summed E-state index contributed by atoms with van der Waals surface area (Å²) in [5.74, 6) is -5.24. The van der Waals surface area contributed by atoms with Gasteiger partial charge in [-0.25, -0.2) is 0 Å². The Balaban J connectivity index is 1.69. The maximum absolute atomic E-state index is 12.9. The van der Waals surface area contributed by atoms with Crippen LogP contribution in [-0.4, -0.2) is 22.8 Å². The number of aliphatic carboxylic acids is 1. The van der Waals surface area contributed by atoms with Gasteiger partial charge in [-0.3, -0.25) is 14.4 Å². The molecule has 1 heterocycles. The molecule has 4 rings (SSSR count). The van der Waals surface area contributed by atoms with Crippen molar-refractivity contribution in [2.75, 3.05) is 0 Å². The molecule has 144 valence electrons. The number of rotatable bonds is 4. The van der Waals surface area contributed by atoms with E-state index in [4.69, 9.17) is 4.74 Å². The number of carbonyl (C=O) groups is 3. The second-order valence-electron chi connectivity index (χ2n) is 6.70. The van der Waals surface area contributed by atoms with Crippen molar-refractivity contribution in [3.8, 4) is 16.9 Å². The molecule has 0 fully saturated rings. The average Bonchev–Trinajstić information content (AvgIpc) is 2.72. The number of benzene rings is 3. The lowest BCUT2D eigenvalue weighted by Gasteiger charge is -2.26. The Kier molecular flexibility index (Phi) is 5.03. The molecule has 1 aliphatic heterocycles. The van der Waals surface area contributed by atoms with Crippen molar-refractivity contribution in [1.82, 2.24) is 0 Å². The lowest BCUT2D eigenvalue weighted by molar-refractivity contribution is -0.147. The Morgan fingerprint density at radius 2 is 1.48 bits per heavy atom. The van der Waals surface area contributed by atoms with Gasteiger partial charge in [-0.2, -0.15) is 0 Å². The molecule has 0 saturated heterocycles. The summed E-state index contributed by atoms with van der Waals surface area (Å²) < 4.78 is 6.20. The number of carboxylic acids is 1. The van der Waals surface area contributed by atoms with Crippen LogP contribution in [0.5, 0.6) is 5.75 Å². The highest BCUT2D eigenvalue weighted by Gasteiger charge is 2.45. The van der Waals surface area contributed by atoms with Crippen LogP contribution in [0.2, 0.25) is 0 Å². The number of carbonyl (C=O) groups excluding carboxylic acids is 2. The maximum atomic E-state index is 12.9. The molecule has 3 aromatic carbocycles. The van der Waals surface area contributed by atoms with Crippen molar-refractivity contribution in [2.45, 2.75) is 5.92 Å². The van der Waals surface area contributed by atoms with Crippen LogP contribution in [0.25, 0.3) is 11.1 Å². The van der Waals surface area contributed by atoms with Crippen molar-refractivity contribution in [3.05, 3.63) is 88.4 Å². The second kappa shape index (κ2) is 7.64. The smallest absolute Gasteiger partial charge is 0.323 e. The van der Waals surface area contributed by atoms with Gasteiger partial charge < -0.3 is 9.84 Å². The summed E-state index contributed by atoms with van der Waals surface area (Å²) in [6.45, 7) is 0. The Morgan fingerprint density at radius 1 is 0.897 bits per heavy atom. The zero-order chi connectivity index (χ0) is 20.5. The van der Waals surface area contributed by atoms with Crippen LogP contribution < -0.4 is 4.74 Å². The van der Waals surface area contributed by atoms with Crippen LogP contribution in [0, 0.1) is 5.92 Å². The highest BCUT2D eigenvalue weighted by atomic mass is 79.9. The molecule has 0 aromatic heterocycles. The number of ketones is 1. The molecule has 3 aromatic rings.